The summed E-state index contributed by atoms with van der Waals surface area (Å²) in [4.78, 5) is 15.7. The van der Waals surface area contributed by atoms with E-state index in [1.165, 1.54) is 51.7 Å². The van der Waals surface area contributed by atoms with Crippen LogP contribution in [0.2, 0.25) is 0 Å². The van der Waals surface area contributed by atoms with E-state index in [0.29, 0.717) is 0 Å². The van der Waals surface area contributed by atoms with Gasteiger partial charge in [-0.3, -0.25) is 0 Å². The minimum absolute atomic E-state index is 0.0711. The minimum Gasteiger partial charge on any atom is -0.371 e. The molecule has 0 radical (unpaired) electrons. The topological polar surface area (TPSA) is 44.7 Å². The van der Waals surface area contributed by atoms with Crippen molar-refractivity contribution in [3.05, 3.63) is 12.4 Å². The fourth-order valence-electron chi connectivity index (χ4n) is 4.38. The van der Waals surface area contributed by atoms with E-state index in [1.807, 2.05) is 19.0 Å². The Balaban J connectivity index is 1.27. The fraction of sp³-hybridized carbons (Fsp3) is 0.789. The summed E-state index contributed by atoms with van der Waals surface area (Å²) in [5, 5.41) is 0. The number of aromatic nitrogens is 2. The average molecular weight is 345 g/mol. The van der Waals surface area contributed by atoms with E-state index in [0.717, 1.165) is 37.3 Å². The van der Waals surface area contributed by atoms with E-state index in [1.54, 1.807) is 6.33 Å². The molecule has 25 heavy (non-hydrogen) atoms. The zero-order valence-corrected chi connectivity index (χ0v) is 15.7. The molecular weight excluding hydrogens is 314 g/mol. The summed E-state index contributed by atoms with van der Waals surface area (Å²) in [7, 11) is 4.02. The van der Waals surface area contributed by atoms with Crippen LogP contribution in [-0.4, -0.2) is 73.9 Å². The van der Waals surface area contributed by atoms with Crippen LogP contribution in [0.15, 0.2) is 12.4 Å². The van der Waals surface area contributed by atoms with Crippen molar-refractivity contribution >= 4 is 11.6 Å². The Morgan fingerprint density at radius 3 is 2.68 bits per heavy atom. The first-order valence-corrected chi connectivity index (χ1v) is 9.74. The molecule has 3 aliphatic heterocycles. The first-order valence-electron chi connectivity index (χ1n) is 9.74. The number of nitrogens with zero attached hydrogens (tertiary/aromatic N) is 5. The highest BCUT2D eigenvalue weighted by Crippen LogP contribution is 2.38. The zero-order valence-electron chi connectivity index (χ0n) is 15.7. The summed E-state index contributed by atoms with van der Waals surface area (Å²) in [6, 6.07) is 2.06. The van der Waals surface area contributed by atoms with E-state index in [2.05, 4.69) is 25.8 Å². The molecule has 0 saturated carbocycles. The molecule has 1 aromatic heterocycles. The maximum Gasteiger partial charge on any atom is 0.134 e. The van der Waals surface area contributed by atoms with Crippen molar-refractivity contribution < 1.29 is 4.74 Å². The second kappa shape index (κ2) is 7.08. The van der Waals surface area contributed by atoms with Crippen LogP contribution in [0.1, 0.15) is 32.1 Å². The minimum atomic E-state index is 0.0711. The number of hydrogen-bond donors (Lipinski definition) is 0. The molecule has 0 N–H and O–H groups in total. The number of anilines is 2. The first-order chi connectivity index (χ1) is 12.1. The molecule has 4 heterocycles. The van der Waals surface area contributed by atoms with Gasteiger partial charge in [-0.1, -0.05) is 6.42 Å². The first kappa shape index (κ1) is 17.0. The van der Waals surface area contributed by atoms with Gasteiger partial charge in [0.1, 0.15) is 23.6 Å². The summed E-state index contributed by atoms with van der Waals surface area (Å²) in [6.07, 6.45) is 8.31. The summed E-state index contributed by atoms with van der Waals surface area (Å²) in [6.45, 7) is 6.67. The van der Waals surface area contributed by atoms with Gasteiger partial charge in [0.05, 0.1) is 19.7 Å². The van der Waals surface area contributed by atoms with E-state index in [9.17, 15) is 0 Å². The van der Waals surface area contributed by atoms with Crippen LogP contribution in [0.3, 0.4) is 0 Å². The van der Waals surface area contributed by atoms with Gasteiger partial charge >= 0.3 is 0 Å². The fourth-order valence-corrected chi connectivity index (χ4v) is 4.38. The van der Waals surface area contributed by atoms with Crippen molar-refractivity contribution in [3.8, 4) is 0 Å². The van der Waals surface area contributed by atoms with E-state index >= 15 is 0 Å². The molecule has 0 amide bonds. The number of ether oxygens (including phenoxy) is 1. The average Bonchev–Trinajstić information content (AvgIpc) is 2.61. The van der Waals surface area contributed by atoms with Crippen LogP contribution < -0.4 is 9.80 Å². The third-order valence-corrected chi connectivity index (χ3v) is 5.98. The van der Waals surface area contributed by atoms with E-state index < -0.39 is 0 Å². The summed E-state index contributed by atoms with van der Waals surface area (Å²) < 4.78 is 6.36. The molecule has 0 bridgehead atoms. The lowest BCUT2D eigenvalue weighted by Gasteiger charge is -2.53. The molecule has 3 saturated heterocycles. The van der Waals surface area contributed by atoms with Crippen molar-refractivity contribution in [1.29, 1.82) is 0 Å². The molecule has 138 valence electrons. The van der Waals surface area contributed by atoms with Gasteiger partial charge in [-0.2, -0.15) is 0 Å². The van der Waals surface area contributed by atoms with Crippen LogP contribution >= 0.6 is 0 Å². The van der Waals surface area contributed by atoms with E-state index in [-0.39, 0.29) is 5.60 Å². The molecule has 1 unspecified atom stereocenters. The zero-order chi connectivity index (χ0) is 17.3. The Morgan fingerprint density at radius 2 is 2.00 bits per heavy atom. The molecule has 4 rings (SSSR count). The Kier molecular flexibility index (Phi) is 4.82. The second-order valence-electron chi connectivity index (χ2n) is 8.24. The standard InChI is InChI=1S/C19H31N5O/c1-22(2)17-10-18(21-15-20-17)24-13-19(14-24)7-6-16(12-25-19)11-23-8-4-3-5-9-23/h10,15-16H,3-9,11-14H2,1-2H3. The van der Waals surface area contributed by atoms with Gasteiger partial charge in [-0.15, -0.1) is 0 Å². The van der Waals surface area contributed by atoms with Crippen LogP contribution in [0.4, 0.5) is 11.6 Å². The Hall–Kier alpha value is -1.40. The highest BCUT2D eigenvalue weighted by atomic mass is 16.5. The molecule has 6 heteroatoms. The number of piperidine rings is 1. The van der Waals surface area contributed by atoms with Crippen molar-refractivity contribution in [2.75, 3.05) is 63.2 Å². The van der Waals surface area contributed by atoms with Gasteiger partial charge in [-0.25, -0.2) is 9.97 Å². The van der Waals surface area contributed by atoms with Crippen LogP contribution in [0.25, 0.3) is 0 Å². The summed E-state index contributed by atoms with van der Waals surface area (Å²) in [5.74, 6) is 2.69. The van der Waals surface area contributed by atoms with E-state index in [4.69, 9.17) is 4.74 Å². The highest BCUT2D eigenvalue weighted by Gasteiger charge is 2.47. The normalized spacial score (nSPS) is 26.5. The number of hydrogen-bond acceptors (Lipinski definition) is 6. The predicted octanol–water partition coefficient (Wildman–Crippen LogP) is 2.01. The van der Waals surface area contributed by atoms with Gasteiger partial charge < -0.3 is 19.4 Å². The monoisotopic (exact) mass is 345 g/mol. The summed E-state index contributed by atoms with van der Waals surface area (Å²) >= 11 is 0. The quantitative estimate of drug-likeness (QED) is 0.832. The van der Waals surface area contributed by atoms with Crippen LogP contribution in [0.5, 0.6) is 0 Å². The summed E-state index contributed by atoms with van der Waals surface area (Å²) in [5.41, 5.74) is 0.0711. The predicted molar refractivity (Wildman–Crippen MR) is 100 cm³/mol. The number of rotatable bonds is 4. The molecule has 0 aromatic carbocycles. The molecule has 1 atom stereocenters. The smallest absolute Gasteiger partial charge is 0.134 e. The molecule has 1 spiro atoms. The second-order valence-corrected chi connectivity index (χ2v) is 8.24. The lowest BCUT2D eigenvalue weighted by molar-refractivity contribution is -0.119. The maximum atomic E-state index is 6.36. The Morgan fingerprint density at radius 1 is 1.20 bits per heavy atom. The van der Waals surface area contributed by atoms with Crippen LogP contribution in [-0.2, 0) is 4.74 Å². The molecule has 0 aliphatic carbocycles. The SMILES string of the molecule is CN(C)c1cc(N2CC3(CCC(CN4CCCCC4)CO3)C2)ncn1. The van der Waals surface area contributed by atoms with Crippen molar-refractivity contribution in [2.24, 2.45) is 5.92 Å². The molecular formula is C19H31N5O. The number of likely N-dealkylation sites (tertiary alicyclic amines) is 1. The largest absolute Gasteiger partial charge is 0.371 e. The molecule has 3 aliphatic rings. The lowest BCUT2D eigenvalue weighted by Crippen LogP contribution is -2.65. The maximum absolute atomic E-state index is 6.36. The van der Waals surface area contributed by atoms with Crippen molar-refractivity contribution in [2.45, 2.75) is 37.7 Å². The Labute approximate surface area is 151 Å². The highest BCUT2D eigenvalue weighted by molar-refractivity contribution is 5.52. The van der Waals surface area contributed by atoms with Crippen LogP contribution in [0, 0.1) is 5.92 Å². The lowest BCUT2D eigenvalue weighted by atomic mass is 9.82. The Bertz CT molecular complexity index is 571. The molecule has 1 aromatic rings. The third-order valence-electron chi connectivity index (χ3n) is 5.98. The van der Waals surface area contributed by atoms with Gasteiger partial charge in [0.15, 0.2) is 0 Å². The van der Waals surface area contributed by atoms with Gasteiger partial charge in [0.25, 0.3) is 0 Å². The third kappa shape index (κ3) is 3.75. The van der Waals surface area contributed by atoms with Crippen molar-refractivity contribution in [1.82, 2.24) is 14.9 Å². The van der Waals surface area contributed by atoms with Gasteiger partial charge in [0.2, 0.25) is 0 Å². The molecule has 6 nitrogen and oxygen atoms in total. The molecule has 3 fully saturated rings. The van der Waals surface area contributed by atoms with Gasteiger partial charge in [-0.05, 0) is 44.7 Å². The van der Waals surface area contributed by atoms with Crippen molar-refractivity contribution in [3.63, 3.8) is 0 Å². The van der Waals surface area contributed by atoms with Gasteiger partial charge in [0, 0.05) is 26.7 Å².